The first kappa shape index (κ1) is 12.4. The summed E-state index contributed by atoms with van der Waals surface area (Å²) in [7, 11) is 0. The smallest absolute Gasteiger partial charge is 0.310 e. The molecule has 0 aliphatic heterocycles. The summed E-state index contributed by atoms with van der Waals surface area (Å²) in [6.07, 6.45) is 5.63. The number of carboxylic acids is 1. The number of carbonyl (C=O) groups excluding carboxylic acids is 1. The van der Waals surface area contributed by atoms with E-state index in [0.717, 1.165) is 25.7 Å². The van der Waals surface area contributed by atoms with Gasteiger partial charge in [0.2, 0.25) is 5.91 Å². The van der Waals surface area contributed by atoms with Crippen molar-refractivity contribution in [3.8, 4) is 0 Å². The molecule has 4 nitrogen and oxygen atoms in total. The number of aliphatic carboxylic acids is 1. The van der Waals surface area contributed by atoms with E-state index in [2.05, 4.69) is 12.2 Å². The third-order valence-corrected chi connectivity index (χ3v) is 4.33. The van der Waals surface area contributed by atoms with Gasteiger partial charge in [-0.15, -0.1) is 0 Å². The summed E-state index contributed by atoms with van der Waals surface area (Å²) in [5.74, 6) is -0.898. The molecular weight excluding hydrogens is 218 g/mol. The van der Waals surface area contributed by atoms with Crippen molar-refractivity contribution in [2.24, 2.45) is 10.8 Å². The van der Waals surface area contributed by atoms with Gasteiger partial charge in [0.1, 0.15) is 0 Å². The van der Waals surface area contributed by atoms with Crippen LogP contribution in [0.5, 0.6) is 0 Å². The molecule has 2 N–H and O–H groups in total. The minimum atomic E-state index is -0.803. The number of carbonyl (C=O) groups is 2. The van der Waals surface area contributed by atoms with Crippen LogP contribution in [-0.2, 0) is 9.59 Å². The normalized spacial score (nSPS) is 24.3. The molecule has 0 atom stereocenters. The van der Waals surface area contributed by atoms with E-state index in [1.807, 2.05) is 0 Å². The molecule has 2 aliphatic rings. The first-order valence-corrected chi connectivity index (χ1v) is 6.46. The SMILES string of the molecule is CC1(CNC(=O)CC2(C(=O)O)CCCC2)CC1. The summed E-state index contributed by atoms with van der Waals surface area (Å²) in [6, 6.07) is 0. The molecule has 2 fully saturated rings. The highest BCUT2D eigenvalue weighted by Gasteiger charge is 2.43. The van der Waals surface area contributed by atoms with E-state index in [4.69, 9.17) is 0 Å². The lowest BCUT2D eigenvalue weighted by Crippen LogP contribution is -2.37. The Morgan fingerprint density at radius 1 is 1.18 bits per heavy atom. The zero-order valence-corrected chi connectivity index (χ0v) is 10.4. The number of nitrogens with one attached hydrogen (secondary N) is 1. The standard InChI is InChI=1S/C13H21NO3/c1-12(6-7-12)9-14-10(15)8-13(11(16)17)4-2-3-5-13/h2-9H2,1H3,(H,14,15)(H,16,17). The van der Waals surface area contributed by atoms with Crippen LogP contribution in [-0.4, -0.2) is 23.5 Å². The number of hydrogen-bond donors (Lipinski definition) is 2. The van der Waals surface area contributed by atoms with E-state index >= 15 is 0 Å². The Hall–Kier alpha value is -1.06. The van der Waals surface area contributed by atoms with Gasteiger partial charge in [0.25, 0.3) is 0 Å². The molecule has 0 unspecified atom stereocenters. The van der Waals surface area contributed by atoms with Gasteiger partial charge >= 0.3 is 5.97 Å². The van der Waals surface area contributed by atoms with Crippen molar-refractivity contribution in [3.63, 3.8) is 0 Å². The third-order valence-electron chi connectivity index (χ3n) is 4.33. The van der Waals surface area contributed by atoms with E-state index in [1.54, 1.807) is 0 Å². The molecule has 2 rings (SSSR count). The van der Waals surface area contributed by atoms with Gasteiger partial charge in [0, 0.05) is 13.0 Å². The molecule has 0 aromatic rings. The van der Waals surface area contributed by atoms with Crippen molar-refractivity contribution in [1.29, 1.82) is 0 Å². The maximum atomic E-state index is 11.8. The fourth-order valence-electron chi connectivity index (χ4n) is 2.59. The van der Waals surface area contributed by atoms with Crippen molar-refractivity contribution in [2.45, 2.75) is 51.9 Å². The molecule has 0 radical (unpaired) electrons. The van der Waals surface area contributed by atoms with Gasteiger partial charge < -0.3 is 10.4 Å². The molecule has 2 saturated carbocycles. The Bertz CT molecular complexity index is 328. The van der Waals surface area contributed by atoms with Gasteiger partial charge in [-0.1, -0.05) is 19.8 Å². The van der Waals surface area contributed by atoms with Crippen LogP contribution in [0.1, 0.15) is 51.9 Å². The van der Waals surface area contributed by atoms with Crippen LogP contribution in [0.4, 0.5) is 0 Å². The number of amides is 1. The highest BCUT2D eigenvalue weighted by Crippen LogP contribution is 2.44. The molecule has 2 aliphatic carbocycles. The fraction of sp³-hybridized carbons (Fsp3) is 0.846. The van der Waals surface area contributed by atoms with Gasteiger partial charge in [-0.3, -0.25) is 9.59 Å². The third kappa shape index (κ3) is 2.79. The fourth-order valence-corrected chi connectivity index (χ4v) is 2.59. The van der Waals surface area contributed by atoms with Crippen molar-refractivity contribution >= 4 is 11.9 Å². The average molecular weight is 239 g/mol. The van der Waals surface area contributed by atoms with E-state index in [-0.39, 0.29) is 17.7 Å². The van der Waals surface area contributed by atoms with E-state index in [9.17, 15) is 14.7 Å². The lowest BCUT2D eigenvalue weighted by atomic mass is 9.82. The lowest BCUT2D eigenvalue weighted by molar-refractivity contribution is -0.151. The second kappa shape index (κ2) is 4.31. The molecule has 0 saturated heterocycles. The van der Waals surface area contributed by atoms with E-state index in [1.165, 1.54) is 0 Å². The maximum Gasteiger partial charge on any atom is 0.310 e. The van der Waals surface area contributed by atoms with Crippen LogP contribution in [0.2, 0.25) is 0 Å². The lowest BCUT2D eigenvalue weighted by Gasteiger charge is -2.23. The molecule has 0 bridgehead atoms. The van der Waals surface area contributed by atoms with Crippen molar-refractivity contribution < 1.29 is 14.7 Å². The van der Waals surface area contributed by atoms with E-state index in [0.29, 0.717) is 19.4 Å². The predicted octanol–water partition coefficient (Wildman–Crippen LogP) is 1.94. The summed E-state index contributed by atoms with van der Waals surface area (Å²) < 4.78 is 0. The number of carboxylic acid groups (broad SMARTS) is 1. The van der Waals surface area contributed by atoms with Gasteiger partial charge in [0.15, 0.2) is 0 Å². The topological polar surface area (TPSA) is 66.4 Å². The number of rotatable bonds is 5. The predicted molar refractivity (Wildman–Crippen MR) is 63.5 cm³/mol. The van der Waals surface area contributed by atoms with Crippen LogP contribution in [0, 0.1) is 10.8 Å². The van der Waals surface area contributed by atoms with Crippen molar-refractivity contribution in [1.82, 2.24) is 5.32 Å². The van der Waals surface area contributed by atoms with Crippen LogP contribution >= 0.6 is 0 Å². The summed E-state index contributed by atoms with van der Waals surface area (Å²) in [5, 5.41) is 12.2. The summed E-state index contributed by atoms with van der Waals surface area (Å²) in [5.41, 5.74) is -0.504. The van der Waals surface area contributed by atoms with Crippen molar-refractivity contribution in [3.05, 3.63) is 0 Å². The Morgan fingerprint density at radius 3 is 2.24 bits per heavy atom. The first-order valence-electron chi connectivity index (χ1n) is 6.46. The van der Waals surface area contributed by atoms with Gasteiger partial charge in [-0.25, -0.2) is 0 Å². The number of hydrogen-bond acceptors (Lipinski definition) is 2. The summed E-state index contributed by atoms with van der Waals surface area (Å²) in [6.45, 7) is 2.84. The molecule has 17 heavy (non-hydrogen) atoms. The zero-order chi connectivity index (χ0) is 12.5. The summed E-state index contributed by atoms with van der Waals surface area (Å²) >= 11 is 0. The molecule has 0 heterocycles. The van der Waals surface area contributed by atoms with E-state index < -0.39 is 11.4 Å². The Kier molecular flexibility index (Phi) is 3.15. The highest BCUT2D eigenvalue weighted by atomic mass is 16.4. The van der Waals surface area contributed by atoms with Gasteiger partial charge in [0.05, 0.1) is 5.41 Å². The largest absolute Gasteiger partial charge is 0.481 e. The minimum Gasteiger partial charge on any atom is -0.481 e. The minimum absolute atomic E-state index is 0.0950. The Labute approximate surface area is 102 Å². The van der Waals surface area contributed by atoms with Crippen molar-refractivity contribution in [2.75, 3.05) is 6.54 Å². The molecule has 0 aromatic carbocycles. The second-order valence-corrected chi connectivity index (χ2v) is 6.06. The highest BCUT2D eigenvalue weighted by molar-refractivity contribution is 5.85. The maximum absolute atomic E-state index is 11.8. The quantitative estimate of drug-likeness (QED) is 0.770. The summed E-state index contributed by atoms with van der Waals surface area (Å²) in [4.78, 5) is 23.1. The van der Waals surface area contributed by atoms with Crippen LogP contribution < -0.4 is 5.32 Å². The Morgan fingerprint density at radius 2 is 1.76 bits per heavy atom. The second-order valence-electron chi connectivity index (χ2n) is 6.06. The van der Waals surface area contributed by atoms with Gasteiger partial charge in [-0.2, -0.15) is 0 Å². The molecular formula is C13H21NO3. The zero-order valence-electron chi connectivity index (χ0n) is 10.4. The molecule has 0 aromatic heterocycles. The molecule has 4 heteroatoms. The first-order chi connectivity index (χ1) is 7.96. The molecule has 96 valence electrons. The Balaban J connectivity index is 1.85. The molecule has 0 spiro atoms. The van der Waals surface area contributed by atoms with Crippen LogP contribution in [0.3, 0.4) is 0 Å². The van der Waals surface area contributed by atoms with Gasteiger partial charge in [-0.05, 0) is 31.1 Å². The average Bonchev–Trinajstić information content (AvgIpc) is 2.81. The van der Waals surface area contributed by atoms with Crippen LogP contribution in [0.15, 0.2) is 0 Å². The monoisotopic (exact) mass is 239 g/mol. The van der Waals surface area contributed by atoms with Crippen LogP contribution in [0.25, 0.3) is 0 Å². The molecule has 1 amide bonds.